The van der Waals surface area contributed by atoms with Crippen molar-refractivity contribution in [2.45, 2.75) is 110 Å². The highest BCUT2D eigenvalue weighted by atomic mass is 32.2. The molecule has 3 nitrogen and oxygen atoms in total. The summed E-state index contributed by atoms with van der Waals surface area (Å²) in [7, 11) is -3.01. The Kier molecular flexibility index (Phi) is 16.7. The summed E-state index contributed by atoms with van der Waals surface area (Å²) < 4.78 is 25.8. The Balaban J connectivity index is 3.19. The fraction of sp³-hybridized carbons (Fsp3) is 1.00. The molecule has 0 radical (unpaired) electrons. The van der Waals surface area contributed by atoms with Crippen molar-refractivity contribution in [2.75, 3.05) is 12.3 Å². The van der Waals surface area contributed by atoms with E-state index in [0.29, 0.717) is 12.3 Å². The summed E-state index contributed by atoms with van der Waals surface area (Å²) in [6.07, 6.45) is 19.0. The van der Waals surface area contributed by atoms with Gasteiger partial charge in [-0.15, -0.1) is 0 Å². The van der Waals surface area contributed by atoms with E-state index in [4.69, 9.17) is 0 Å². The largest absolute Gasteiger partial charge is 0.215 e. The molecule has 0 fully saturated rings. The summed E-state index contributed by atoms with van der Waals surface area (Å²) in [5.74, 6) is 0.297. The average molecular weight is 348 g/mol. The van der Waals surface area contributed by atoms with Gasteiger partial charge >= 0.3 is 0 Å². The van der Waals surface area contributed by atoms with Gasteiger partial charge in [-0.3, -0.25) is 0 Å². The van der Waals surface area contributed by atoms with Crippen LogP contribution in [0.2, 0.25) is 0 Å². The van der Waals surface area contributed by atoms with Gasteiger partial charge in [-0.05, 0) is 12.8 Å². The second-order valence-electron chi connectivity index (χ2n) is 6.81. The monoisotopic (exact) mass is 347 g/mol. The van der Waals surface area contributed by atoms with Gasteiger partial charge in [0.2, 0.25) is 10.0 Å². The number of nitrogens with one attached hydrogen (secondary N) is 1. The fourth-order valence-corrected chi connectivity index (χ4v) is 4.06. The lowest BCUT2D eigenvalue weighted by molar-refractivity contribution is 0.536. The van der Waals surface area contributed by atoms with Gasteiger partial charge in [0, 0.05) is 6.54 Å². The Morgan fingerprint density at radius 2 is 0.957 bits per heavy atom. The third kappa shape index (κ3) is 18.1. The van der Waals surface area contributed by atoms with Crippen molar-refractivity contribution in [1.29, 1.82) is 0 Å². The molecule has 1 N–H and O–H groups in total. The Morgan fingerprint density at radius 1 is 0.565 bits per heavy atom. The molecule has 4 heteroatoms. The van der Waals surface area contributed by atoms with Crippen LogP contribution in [0.5, 0.6) is 0 Å². The van der Waals surface area contributed by atoms with E-state index in [-0.39, 0.29) is 0 Å². The molecule has 0 bridgehead atoms. The minimum absolute atomic E-state index is 0.297. The highest BCUT2D eigenvalue weighted by molar-refractivity contribution is 7.89. The van der Waals surface area contributed by atoms with E-state index in [9.17, 15) is 8.42 Å². The van der Waals surface area contributed by atoms with Crippen LogP contribution in [0.1, 0.15) is 110 Å². The van der Waals surface area contributed by atoms with Crippen LogP contribution >= 0.6 is 0 Å². The molecule has 0 atom stereocenters. The first-order chi connectivity index (χ1) is 11.1. The van der Waals surface area contributed by atoms with Crippen molar-refractivity contribution in [3.63, 3.8) is 0 Å². The molecule has 0 aliphatic heterocycles. The van der Waals surface area contributed by atoms with Crippen LogP contribution in [0.15, 0.2) is 0 Å². The van der Waals surface area contributed by atoms with Gasteiger partial charge < -0.3 is 0 Å². The SMILES string of the molecule is CCCCCCCCCCCCCCCCS(=O)(=O)NCCC. The Hall–Kier alpha value is -0.0900. The maximum atomic E-state index is 11.6. The van der Waals surface area contributed by atoms with Crippen LogP contribution in [-0.2, 0) is 10.0 Å². The second kappa shape index (κ2) is 16.8. The van der Waals surface area contributed by atoms with E-state index in [2.05, 4.69) is 11.6 Å². The van der Waals surface area contributed by atoms with E-state index in [0.717, 1.165) is 19.3 Å². The summed E-state index contributed by atoms with van der Waals surface area (Å²) in [4.78, 5) is 0. The van der Waals surface area contributed by atoms with E-state index in [1.54, 1.807) is 0 Å². The van der Waals surface area contributed by atoms with Crippen LogP contribution in [0, 0.1) is 0 Å². The van der Waals surface area contributed by atoms with E-state index in [1.807, 2.05) is 6.92 Å². The average Bonchev–Trinajstić information content (AvgIpc) is 2.53. The molecule has 0 heterocycles. The maximum Gasteiger partial charge on any atom is 0.211 e. The van der Waals surface area contributed by atoms with Crippen LogP contribution in [-0.4, -0.2) is 20.7 Å². The Labute approximate surface area is 146 Å². The highest BCUT2D eigenvalue weighted by Crippen LogP contribution is 2.13. The van der Waals surface area contributed by atoms with Crippen molar-refractivity contribution < 1.29 is 8.42 Å². The molecule has 0 spiro atoms. The van der Waals surface area contributed by atoms with Gasteiger partial charge in [0.05, 0.1) is 5.75 Å². The summed E-state index contributed by atoms with van der Waals surface area (Å²) in [5.41, 5.74) is 0. The van der Waals surface area contributed by atoms with Crippen molar-refractivity contribution in [3.8, 4) is 0 Å². The molecule has 0 rings (SSSR count). The third-order valence-electron chi connectivity index (χ3n) is 4.34. The Bertz CT molecular complexity index is 328. The molecule has 0 saturated carbocycles. The second-order valence-corrected chi connectivity index (χ2v) is 8.74. The molecule has 0 aromatic carbocycles. The summed E-state index contributed by atoms with van der Waals surface area (Å²) in [5, 5.41) is 0. The van der Waals surface area contributed by atoms with Crippen LogP contribution < -0.4 is 4.72 Å². The van der Waals surface area contributed by atoms with Crippen molar-refractivity contribution in [1.82, 2.24) is 4.72 Å². The molecule has 0 aliphatic carbocycles. The third-order valence-corrected chi connectivity index (χ3v) is 5.81. The van der Waals surface area contributed by atoms with E-state index in [1.165, 1.54) is 77.0 Å². The van der Waals surface area contributed by atoms with Gasteiger partial charge in [0.25, 0.3) is 0 Å². The van der Waals surface area contributed by atoms with Crippen molar-refractivity contribution in [3.05, 3.63) is 0 Å². The standard InChI is InChI=1S/C19H41NO2S/c1-3-5-6-7-8-9-10-11-12-13-14-15-16-17-19-23(21,22)20-18-4-2/h20H,3-19H2,1-2H3. The quantitative estimate of drug-likeness (QED) is 0.319. The predicted molar refractivity (Wildman–Crippen MR) is 102 cm³/mol. The number of unbranched alkanes of at least 4 members (excludes halogenated alkanes) is 13. The van der Waals surface area contributed by atoms with Crippen molar-refractivity contribution in [2.24, 2.45) is 0 Å². The topological polar surface area (TPSA) is 46.2 Å². The lowest BCUT2D eigenvalue weighted by Crippen LogP contribution is -2.26. The van der Waals surface area contributed by atoms with Gasteiger partial charge in [-0.1, -0.05) is 97.3 Å². The molecular formula is C19H41NO2S. The number of hydrogen-bond acceptors (Lipinski definition) is 2. The molecule has 23 heavy (non-hydrogen) atoms. The van der Waals surface area contributed by atoms with Gasteiger partial charge in [0.1, 0.15) is 0 Å². The maximum absolute atomic E-state index is 11.6. The van der Waals surface area contributed by atoms with Crippen molar-refractivity contribution >= 4 is 10.0 Å². The van der Waals surface area contributed by atoms with Gasteiger partial charge in [-0.25, -0.2) is 13.1 Å². The lowest BCUT2D eigenvalue weighted by atomic mass is 10.0. The molecule has 0 unspecified atom stereocenters. The number of sulfonamides is 1. The van der Waals surface area contributed by atoms with E-state index < -0.39 is 10.0 Å². The van der Waals surface area contributed by atoms with E-state index >= 15 is 0 Å². The highest BCUT2D eigenvalue weighted by Gasteiger charge is 2.07. The minimum atomic E-state index is -3.01. The fourth-order valence-electron chi connectivity index (χ4n) is 2.82. The zero-order valence-electron chi connectivity index (χ0n) is 15.7. The summed E-state index contributed by atoms with van der Waals surface area (Å²) >= 11 is 0. The number of rotatable bonds is 18. The van der Waals surface area contributed by atoms with Gasteiger partial charge in [-0.2, -0.15) is 0 Å². The zero-order valence-corrected chi connectivity index (χ0v) is 16.6. The summed E-state index contributed by atoms with van der Waals surface area (Å²) in [6.45, 7) is 4.82. The van der Waals surface area contributed by atoms with Crippen LogP contribution in [0.3, 0.4) is 0 Å². The molecule has 0 aromatic rings. The molecule has 0 aliphatic rings. The zero-order chi connectivity index (χ0) is 17.2. The first-order valence-electron chi connectivity index (χ1n) is 10.1. The summed E-state index contributed by atoms with van der Waals surface area (Å²) in [6, 6.07) is 0. The first kappa shape index (κ1) is 22.9. The molecular weight excluding hydrogens is 306 g/mol. The minimum Gasteiger partial charge on any atom is -0.215 e. The normalized spacial score (nSPS) is 11.9. The molecule has 140 valence electrons. The lowest BCUT2D eigenvalue weighted by Gasteiger charge is -2.05. The molecule has 0 saturated heterocycles. The predicted octanol–water partition coefficient (Wildman–Crippen LogP) is 5.80. The van der Waals surface area contributed by atoms with Gasteiger partial charge in [0.15, 0.2) is 0 Å². The molecule has 0 amide bonds. The Morgan fingerprint density at radius 3 is 1.35 bits per heavy atom. The first-order valence-corrected chi connectivity index (χ1v) is 11.7. The van der Waals surface area contributed by atoms with Crippen LogP contribution in [0.4, 0.5) is 0 Å². The molecule has 0 aromatic heterocycles. The smallest absolute Gasteiger partial charge is 0.211 e. The number of hydrogen-bond donors (Lipinski definition) is 1. The van der Waals surface area contributed by atoms with Crippen LogP contribution in [0.25, 0.3) is 0 Å².